The number of hydrogen-bond acceptors (Lipinski definition) is 8. The van der Waals surface area contributed by atoms with Crippen molar-refractivity contribution in [1.82, 2.24) is 19.8 Å². The molecule has 282 valence electrons. The van der Waals surface area contributed by atoms with Crippen molar-refractivity contribution in [2.75, 3.05) is 36.8 Å². The fourth-order valence-electron chi connectivity index (χ4n) is 8.19. The average Bonchev–Trinajstić information content (AvgIpc) is 4.11. The Balaban J connectivity index is 0.966. The molecule has 4 aromatic rings. The van der Waals surface area contributed by atoms with E-state index in [9.17, 15) is 19.8 Å². The van der Waals surface area contributed by atoms with Crippen molar-refractivity contribution in [2.45, 2.75) is 102 Å². The maximum absolute atomic E-state index is 13.6. The van der Waals surface area contributed by atoms with Gasteiger partial charge in [-0.25, -0.2) is 0 Å². The summed E-state index contributed by atoms with van der Waals surface area (Å²) in [6.45, 7) is 9.10. The summed E-state index contributed by atoms with van der Waals surface area (Å²) in [5.74, 6) is 0.479. The molecule has 10 nitrogen and oxygen atoms in total. The van der Waals surface area contributed by atoms with Gasteiger partial charge in [-0.05, 0) is 146 Å². The van der Waals surface area contributed by atoms with Crippen LogP contribution < -0.4 is 10.6 Å². The minimum atomic E-state index is -0.235. The number of anilines is 2. The summed E-state index contributed by atoms with van der Waals surface area (Å²) in [6, 6.07) is 15.8. The van der Waals surface area contributed by atoms with Gasteiger partial charge in [0.05, 0.1) is 12.2 Å². The number of benzene rings is 2. The lowest BCUT2D eigenvalue weighted by atomic mass is 9.94. The predicted octanol–water partition coefficient (Wildman–Crippen LogP) is 6.93. The van der Waals surface area contributed by atoms with E-state index in [0.29, 0.717) is 23.2 Å². The molecule has 2 aromatic heterocycles. The summed E-state index contributed by atoms with van der Waals surface area (Å²) in [5, 5.41) is 26.1. The summed E-state index contributed by atoms with van der Waals surface area (Å²) < 4.78 is 0. The molecule has 2 aliphatic heterocycles. The first-order valence-electron chi connectivity index (χ1n) is 19.8. The van der Waals surface area contributed by atoms with Crippen LogP contribution in [0.25, 0.3) is 11.1 Å². The van der Waals surface area contributed by atoms with Crippen molar-refractivity contribution in [3.63, 3.8) is 0 Å². The smallest absolute Gasteiger partial charge is 0.274 e. The number of aliphatic hydroxyl groups is 2. The average molecular weight is 729 g/mol. The molecule has 2 aromatic carbocycles. The number of nitrogens with one attached hydrogen (secondary N) is 2. The van der Waals surface area contributed by atoms with Gasteiger partial charge in [0.2, 0.25) is 0 Å². The van der Waals surface area contributed by atoms with Crippen LogP contribution in [-0.2, 0) is 13.1 Å². The lowest BCUT2D eigenvalue weighted by molar-refractivity contribution is 0.0788. The minimum Gasteiger partial charge on any atom is -0.393 e. The van der Waals surface area contributed by atoms with E-state index < -0.39 is 0 Å². The quantitative estimate of drug-likeness (QED) is 0.131. The number of nitrogens with zero attached hydrogens (tertiary/aromatic N) is 4. The zero-order chi connectivity index (χ0) is 37.3. The second kappa shape index (κ2) is 15.7. The Morgan fingerprint density at radius 1 is 0.630 bits per heavy atom. The van der Waals surface area contributed by atoms with Crippen LogP contribution in [-0.4, -0.2) is 80.2 Å². The molecule has 8 rings (SSSR count). The van der Waals surface area contributed by atoms with Gasteiger partial charge in [0.15, 0.2) is 0 Å². The summed E-state index contributed by atoms with van der Waals surface area (Å²) in [6.07, 6.45) is 11.0. The fraction of sp³-hybridized carbons (Fsp3) is 0.455. The Bertz CT molecular complexity index is 1880. The van der Waals surface area contributed by atoms with Crippen LogP contribution in [0, 0.1) is 13.8 Å². The van der Waals surface area contributed by atoms with E-state index in [1.54, 1.807) is 0 Å². The van der Waals surface area contributed by atoms with Crippen LogP contribution in [0.1, 0.15) is 118 Å². The lowest BCUT2D eigenvalue weighted by Gasteiger charge is -2.30. The number of pyridine rings is 2. The summed E-state index contributed by atoms with van der Waals surface area (Å²) >= 11 is 0. The summed E-state index contributed by atoms with van der Waals surface area (Å²) in [4.78, 5) is 41.3. The molecule has 2 amide bonds. The molecule has 54 heavy (non-hydrogen) atoms. The number of likely N-dealkylation sites (tertiary alicyclic amines) is 2. The molecule has 0 radical (unpaired) electrons. The van der Waals surface area contributed by atoms with Gasteiger partial charge in [-0.2, -0.15) is 0 Å². The van der Waals surface area contributed by atoms with Gasteiger partial charge in [-0.3, -0.25) is 29.4 Å². The molecular formula is C44H52N6O4. The van der Waals surface area contributed by atoms with E-state index in [1.165, 1.54) is 22.3 Å². The first kappa shape index (κ1) is 36.5. The molecule has 2 saturated heterocycles. The van der Waals surface area contributed by atoms with Crippen molar-refractivity contribution in [3.05, 3.63) is 106 Å². The predicted molar refractivity (Wildman–Crippen MR) is 211 cm³/mol. The van der Waals surface area contributed by atoms with Gasteiger partial charge < -0.3 is 20.8 Å². The molecule has 2 saturated carbocycles. The Labute approximate surface area is 318 Å². The minimum absolute atomic E-state index is 0.205. The molecular weight excluding hydrogens is 677 g/mol. The molecule has 4 fully saturated rings. The van der Waals surface area contributed by atoms with Crippen LogP contribution in [0.5, 0.6) is 0 Å². The molecule has 2 aliphatic carbocycles. The Hall–Kier alpha value is -4.48. The maximum Gasteiger partial charge on any atom is 0.274 e. The SMILES string of the molecule is Cc1c(NC(=O)c2cc(C3CC3)c(CN3CCC(O)CC3)cn2)cccc1-c1cccc(NC(=O)c2cc(C3CC3)c(CN3CCC(O)CC3)cn2)c1C. The Morgan fingerprint density at radius 2 is 1.02 bits per heavy atom. The van der Waals surface area contributed by atoms with E-state index in [4.69, 9.17) is 0 Å². The highest BCUT2D eigenvalue weighted by atomic mass is 16.3. The van der Waals surface area contributed by atoms with Gasteiger partial charge in [-0.1, -0.05) is 24.3 Å². The molecule has 0 unspecified atom stereocenters. The molecule has 0 atom stereocenters. The van der Waals surface area contributed by atoms with Crippen molar-refractivity contribution in [1.29, 1.82) is 0 Å². The molecule has 4 heterocycles. The number of aliphatic hydroxyl groups excluding tert-OH is 2. The normalized spacial score (nSPS) is 18.8. The van der Waals surface area contributed by atoms with Crippen LogP contribution >= 0.6 is 0 Å². The van der Waals surface area contributed by atoms with E-state index in [-0.39, 0.29) is 24.0 Å². The lowest BCUT2D eigenvalue weighted by Crippen LogP contribution is -2.35. The number of rotatable bonds is 11. The van der Waals surface area contributed by atoms with Gasteiger partial charge in [-0.15, -0.1) is 0 Å². The van der Waals surface area contributed by atoms with E-state index in [0.717, 1.165) is 124 Å². The summed E-state index contributed by atoms with van der Waals surface area (Å²) in [7, 11) is 0. The van der Waals surface area contributed by atoms with E-state index in [2.05, 4.69) is 30.4 Å². The number of hydrogen-bond donors (Lipinski definition) is 4. The molecule has 0 bridgehead atoms. The van der Waals surface area contributed by atoms with Gasteiger partial charge in [0, 0.05) is 63.0 Å². The molecule has 10 heteroatoms. The second-order valence-electron chi connectivity index (χ2n) is 16.0. The number of carbonyl (C=O) groups excluding carboxylic acids is 2. The van der Waals surface area contributed by atoms with Crippen molar-refractivity contribution < 1.29 is 19.8 Å². The van der Waals surface area contributed by atoms with Gasteiger partial charge in [0.25, 0.3) is 11.8 Å². The van der Waals surface area contributed by atoms with E-state index >= 15 is 0 Å². The maximum atomic E-state index is 13.6. The van der Waals surface area contributed by atoms with Crippen LogP contribution in [0.4, 0.5) is 11.4 Å². The molecule has 4 N–H and O–H groups in total. The highest BCUT2D eigenvalue weighted by Crippen LogP contribution is 2.43. The zero-order valence-corrected chi connectivity index (χ0v) is 31.5. The highest BCUT2D eigenvalue weighted by Gasteiger charge is 2.30. The van der Waals surface area contributed by atoms with Crippen LogP contribution in [0.3, 0.4) is 0 Å². The monoisotopic (exact) mass is 728 g/mol. The molecule has 4 aliphatic rings. The second-order valence-corrected chi connectivity index (χ2v) is 16.0. The van der Waals surface area contributed by atoms with E-state index in [1.807, 2.05) is 74.8 Å². The standard InChI is InChI=1S/C44H52N6O4/c1-27-35(5-3-7-39(27)47-43(53)41-21-37(29-9-10-29)31(23-45-41)25-49-17-13-33(51)14-18-49)36-6-4-8-40(28(36)2)48-44(54)42-22-38(30-11-12-30)32(24-46-42)26-50-19-15-34(52)16-20-50/h3-8,21-24,29-30,33-34,51-52H,9-20,25-26H2,1-2H3,(H,47,53)(H,48,54). The number of aromatic nitrogens is 2. The first-order chi connectivity index (χ1) is 26.2. The summed E-state index contributed by atoms with van der Waals surface area (Å²) in [5.41, 5.74) is 10.9. The largest absolute Gasteiger partial charge is 0.393 e. The third-order valence-electron chi connectivity index (χ3n) is 11.9. The first-order valence-corrected chi connectivity index (χ1v) is 19.8. The third-order valence-corrected chi connectivity index (χ3v) is 11.9. The van der Waals surface area contributed by atoms with Crippen LogP contribution in [0.15, 0.2) is 60.9 Å². The number of amides is 2. The zero-order valence-electron chi connectivity index (χ0n) is 31.5. The topological polar surface area (TPSA) is 131 Å². The number of carbonyl (C=O) groups is 2. The van der Waals surface area contributed by atoms with Crippen LogP contribution in [0.2, 0.25) is 0 Å². The fourth-order valence-corrected chi connectivity index (χ4v) is 8.19. The van der Waals surface area contributed by atoms with Gasteiger partial charge in [0.1, 0.15) is 11.4 Å². The highest BCUT2D eigenvalue weighted by molar-refractivity contribution is 6.05. The third kappa shape index (κ3) is 8.27. The molecule has 0 spiro atoms. The number of piperidine rings is 2. The van der Waals surface area contributed by atoms with Crippen molar-refractivity contribution in [3.8, 4) is 11.1 Å². The van der Waals surface area contributed by atoms with Crippen molar-refractivity contribution in [2.24, 2.45) is 0 Å². The van der Waals surface area contributed by atoms with Gasteiger partial charge >= 0.3 is 0 Å². The Morgan fingerprint density at radius 3 is 1.39 bits per heavy atom. The Kier molecular flexibility index (Phi) is 10.6. The van der Waals surface area contributed by atoms with Crippen molar-refractivity contribution >= 4 is 23.2 Å².